The quantitative estimate of drug-likeness (QED) is 0.780. The van der Waals surface area contributed by atoms with Crippen molar-refractivity contribution in [1.82, 2.24) is 4.98 Å². The fraction of sp³-hybridized carbons (Fsp3) is 0.400. The molecular formula is C15H16BrNOS. The Balaban J connectivity index is 1.83. The lowest BCUT2D eigenvalue weighted by molar-refractivity contribution is 0.0186. The average molecular weight is 338 g/mol. The second kappa shape index (κ2) is 5.73. The van der Waals surface area contributed by atoms with Gasteiger partial charge in [-0.15, -0.1) is 11.3 Å². The van der Waals surface area contributed by atoms with E-state index in [0.29, 0.717) is 12.0 Å². The molecule has 2 aromatic rings. The first kappa shape index (κ1) is 13.3. The highest BCUT2D eigenvalue weighted by Crippen LogP contribution is 2.34. The van der Waals surface area contributed by atoms with Crippen LogP contribution in [0.3, 0.4) is 0 Å². The van der Waals surface area contributed by atoms with Gasteiger partial charge in [-0.3, -0.25) is 0 Å². The molecule has 1 aliphatic rings. The van der Waals surface area contributed by atoms with Crippen LogP contribution in [-0.4, -0.2) is 17.7 Å². The van der Waals surface area contributed by atoms with Gasteiger partial charge in [-0.2, -0.15) is 0 Å². The minimum absolute atomic E-state index is 0.358. The van der Waals surface area contributed by atoms with E-state index in [-0.39, 0.29) is 0 Å². The number of hydrogen-bond donors (Lipinski definition) is 0. The van der Waals surface area contributed by atoms with Gasteiger partial charge < -0.3 is 4.74 Å². The molecule has 0 aliphatic carbocycles. The van der Waals surface area contributed by atoms with E-state index >= 15 is 0 Å². The van der Waals surface area contributed by atoms with Crippen LogP contribution in [0.2, 0.25) is 0 Å². The van der Waals surface area contributed by atoms with Crippen molar-refractivity contribution in [2.45, 2.75) is 31.8 Å². The van der Waals surface area contributed by atoms with Crippen LogP contribution >= 0.6 is 27.3 Å². The van der Waals surface area contributed by atoms with Crippen LogP contribution in [0.5, 0.6) is 0 Å². The summed E-state index contributed by atoms with van der Waals surface area (Å²) in [4.78, 5) is 4.82. The van der Waals surface area contributed by atoms with Gasteiger partial charge in [-0.25, -0.2) is 4.98 Å². The summed E-state index contributed by atoms with van der Waals surface area (Å²) in [6, 6.07) is 8.31. The molecule has 1 fully saturated rings. The zero-order chi connectivity index (χ0) is 13.2. The van der Waals surface area contributed by atoms with Gasteiger partial charge in [-0.1, -0.05) is 28.1 Å². The van der Waals surface area contributed by atoms with Crippen LogP contribution in [0.4, 0.5) is 0 Å². The van der Waals surface area contributed by atoms with Crippen molar-refractivity contribution in [2.75, 3.05) is 6.61 Å². The van der Waals surface area contributed by atoms with Crippen molar-refractivity contribution in [1.29, 1.82) is 0 Å². The van der Waals surface area contributed by atoms with E-state index in [1.165, 1.54) is 10.6 Å². The number of ether oxygens (including phenoxy) is 1. The maximum absolute atomic E-state index is 5.61. The van der Waals surface area contributed by atoms with Crippen molar-refractivity contribution < 1.29 is 4.74 Å². The third-order valence-corrected chi connectivity index (χ3v) is 4.98. The second-order valence-electron chi connectivity index (χ2n) is 4.98. The first-order valence-corrected chi connectivity index (χ1v) is 8.22. The Hall–Kier alpha value is -0.710. The summed E-state index contributed by atoms with van der Waals surface area (Å²) in [7, 11) is 0. The second-order valence-corrected chi connectivity index (χ2v) is 6.79. The Morgan fingerprint density at radius 2 is 2.32 bits per heavy atom. The highest BCUT2D eigenvalue weighted by molar-refractivity contribution is 9.10. The smallest absolute Gasteiger partial charge is 0.0965 e. The summed E-state index contributed by atoms with van der Waals surface area (Å²) in [6.07, 6.45) is 2.54. The number of nitrogens with zero attached hydrogens (tertiary/aromatic N) is 1. The van der Waals surface area contributed by atoms with Gasteiger partial charge in [0.1, 0.15) is 0 Å². The molecule has 2 atom stereocenters. The molecule has 0 bridgehead atoms. The summed E-state index contributed by atoms with van der Waals surface area (Å²) in [5.74, 6) is 0.564. The van der Waals surface area contributed by atoms with Gasteiger partial charge in [0.15, 0.2) is 0 Å². The van der Waals surface area contributed by atoms with Crippen LogP contribution in [0.1, 0.15) is 30.7 Å². The molecule has 0 radical (unpaired) electrons. The Morgan fingerprint density at radius 3 is 3.11 bits per heavy atom. The lowest BCUT2D eigenvalue weighted by atomic mass is 9.97. The molecule has 4 heteroatoms. The first-order valence-electron chi connectivity index (χ1n) is 6.55. The summed E-state index contributed by atoms with van der Waals surface area (Å²) in [5.41, 5.74) is 2.26. The molecule has 0 amide bonds. The summed E-state index contributed by atoms with van der Waals surface area (Å²) in [5, 5.41) is 3.42. The number of halogens is 1. The maximum Gasteiger partial charge on any atom is 0.0965 e. The largest absolute Gasteiger partial charge is 0.378 e. The normalized spacial score (nSPS) is 23.5. The van der Waals surface area contributed by atoms with Crippen LogP contribution in [-0.2, 0) is 4.74 Å². The molecular weight excluding hydrogens is 322 g/mol. The Morgan fingerprint density at radius 1 is 1.42 bits per heavy atom. The maximum atomic E-state index is 5.61. The van der Waals surface area contributed by atoms with Gasteiger partial charge in [0, 0.05) is 27.9 Å². The average Bonchev–Trinajstić information content (AvgIpc) is 2.88. The minimum Gasteiger partial charge on any atom is -0.378 e. The molecule has 0 unspecified atom stereocenters. The lowest BCUT2D eigenvalue weighted by Gasteiger charge is -2.25. The SMILES string of the molecule is C[C@H]1C[C@@H](c2nc(-c3cccc(Br)c3)cs2)CCO1. The van der Waals surface area contributed by atoms with Gasteiger partial charge in [0.05, 0.1) is 16.8 Å². The predicted octanol–water partition coefficient (Wildman–Crippen LogP) is 4.86. The molecule has 0 spiro atoms. The van der Waals surface area contributed by atoms with Crippen LogP contribution in [0.15, 0.2) is 34.1 Å². The molecule has 2 nitrogen and oxygen atoms in total. The molecule has 1 aromatic carbocycles. The molecule has 1 aromatic heterocycles. The molecule has 0 saturated carbocycles. The number of hydrogen-bond acceptors (Lipinski definition) is 3. The van der Waals surface area contributed by atoms with Gasteiger partial charge >= 0.3 is 0 Å². The van der Waals surface area contributed by atoms with Crippen LogP contribution < -0.4 is 0 Å². The van der Waals surface area contributed by atoms with E-state index in [2.05, 4.69) is 46.4 Å². The third-order valence-electron chi connectivity index (χ3n) is 3.48. The summed E-state index contributed by atoms with van der Waals surface area (Å²) >= 11 is 5.29. The van der Waals surface area contributed by atoms with Gasteiger partial charge in [-0.05, 0) is 31.9 Å². The minimum atomic E-state index is 0.358. The standard InChI is InChI=1S/C15H16BrNOS/c1-10-7-12(5-6-18-10)15-17-14(9-19-15)11-3-2-4-13(16)8-11/h2-4,8-10,12H,5-7H2,1H3/t10-,12-/m0/s1. The molecule has 2 heterocycles. The lowest BCUT2D eigenvalue weighted by Crippen LogP contribution is -2.21. The van der Waals surface area contributed by atoms with E-state index in [1.54, 1.807) is 11.3 Å². The molecule has 3 rings (SSSR count). The third kappa shape index (κ3) is 3.07. The van der Waals surface area contributed by atoms with E-state index < -0.39 is 0 Å². The van der Waals surface area contributed by atoms with Crippen molar-refractivity contribution in [3.8, 4) is 11.3 Å². The fourth-order valence-electron chi connectivity index (χ4n) is 2.48. The van der Waals surface area contributed by atoms with E-state index in [1.807, 2.05) is 6.07 Å². The molecule has 0 N–H and O–H groups in total. The van der Waals surface area contributed by atoms with E-state index in [4.69, 9.17) is 9.72 Å². The molecule has 100 valence electrons. The van der Waals surface area contributed by atoms with Gasteiger partial charge in [0.25, 0.3) is 0 Å². The number of thiazole rings is 1. The fourth-order valence-corrected chi connectivity index (χ4v) is 3.86. The van der Waals surface area contributed by atoms with Crippen molar-refractivity contribution in [2.24, 2.45) is 0 Å². The predicted molar refractivity (Wildman–Crippen MR) is 82.6 cm³/mol. The number of rotatable bonds is 2. The number of benzene rings is 1. The Kier molecular flexibility index (Phi) is 4.01. The summed E-state index contributed by atoms with van der Waals surface area (Å²) in [6.45, 7) is 3.01. The molecule has 1 aliphatic heterocycles. The monoisotopic (exact) mass is 337 g/mol. The summed E-state index contributed by atoms with van der Waals surface area (Å²) < 4.78 is 6.70. The molecule has 1 saturated heterocycles. The Bertz CT molecular complexity index is 569. The molecule has 19 heavy (non-hydrogen) atoms. The van der Waals surface area contributed by atoms with E-state index in [0.717, 1.165) is 29.6 Å². The van der Waals surface area contributed by atoms with Crippen molar-refractivity contribution >= 4 is 27.3 Å². The zero-order valence-corrected chi connectivity index (χ0v) is 13.2. The van der Waals surface area contributed by atoms with Crippen LogP contribution in [0, 0.1) is 0 Å². The first-order chi connectivity index (χ1) is 9.22. The van der Waals surface area contributed by atoms with Gasteiger partial charge in [0.2, 0.25) is 0 Å². The topological polar surface area (TPSA) is 22.1 Å². The number of aromatic nitrogens is 1. The van der Waals surface area contributed by atoms with Crippen LogP contribution in [0.25, 0.3) is 11.3 Å². The Labute approximate surface area is 126 Å². The highest BCUT2D eigenvalue weighted by atomic mass is 79.9. The zero-order valence-electron chi connectivity index (χ0n) is 10.8. The van der Waals surface area contributed by atoms with Crippen molar-refractivity contribution in [3.63, 3.8) is 0 Å². The van der Waals surface area contributed by atoms with Crippen molar-refractivity contribution in [3.05, 3.63) is 39.1 Å². The van der Waals surface area contributed by atoms with E-state index in [9.17, 15) is 0 Å². The highest BCUT2D eigenvalue weighted by Gasteiger charge is 2.23.